The lowest BCUT2D eigenvalue weighted by Gasteiger charge is -2.21. The van der Waals surface area contributed by atoms with E-state index >= 15 is 0 Å². The van der Waals surface area contributed by atoms with Crippen molar-refractivity contribution in [2.24, 2.45) is 5.92 Å². The van der Waals surface area contributed by atoms with Gasteiger partial charge in [0, 0.05) is 0 Å². The third kappa shape index (κ3) is 4.03. The van der Waals surface area contributed by atoms with Crippen LogP contribution in [0.3, 0.4) is 0 Å². The fourth-order valence-corrected chi connectivity index (χ4v) is 4.21. The summed E-state index contributed by atoms with van der Waals surface area (Å²) in [6, 6.07) is 4.90. The molecule has 6 heteroatoms. The van der Waals surface area contributed by atoms with Crippen molar-refractivity contribution in [1.29, 1.82) is 0 Å². The third-order valence-corrected chi connectivity index (χ3v) is 5.14. The second-order valence-corrected chi connectivity index (χ2v) is 7.11. The van der Waals surface area contributed by atoms with Crippen molar-refractivity contribution in [3.05, 3.63) is 18.2 Å². The summed E-state index contributed by atoms with van der Waals surface area (Å²) in [5.74, 6) is 1.01. The highest BCUT2D eigenvalue weighted by molar-refractivity contribution is 7.92. The van der Waals surface area contributed by atoms with Gasteiger partial charge in [0.05, 0.1) is 24.2 Å². The normalized spacial score (nSPS) is 16.9. The molecule has 0 aliphatic heterocycles. The van der Waals surface area contributed by atoms with Crippen LogP contribution in [0.15, 0.2) is 18.2 Å². The maximum atomic E-state index is 12.2. The average Bonchev–Trinajstić information content (AvgIpc) is 2.39. The van der Waals surface area contributed by atoms with Crippen molar-refractivity contribution in [2.45, 2.75) is 32.1 Å². The van der Waals surface area contributed by atoms with Crippen LogP contribution in [-0.2, 0) is 10.0 Å². The molecule has 0 heterocycles. The van der Waals surface area contributed by atoms with Crippen LogP contribution in [0.4, 0.5) is 11.4 Å². The smallest absolute Gasteiger partial charge is 0.232 e. The first-order valence-corrected chi connectivity index (χ1v) is 8.59. The molecule has 20 heavy (non-hydrogen) atoms. The molecule has 1 saturated carbocycles. The number of benzene rings is 1. The molecule has 0 unspecified atom stereocenters. The molecule has 1 aliphatic carbocycles. The van der Waals surface area contributed by atoms with Gasteiger partial charge in [-0.1, -0.05) is 19.3 Å². The number of nitrogens with one attached hydrogen (secondary N) is 1. The Bertz CT molecular complexity index is 552. The molecular weight excluding hydrogens is 276 g/mol. The zero-order valence-corrected chi connectivity index (χ0v) is 12.6. The topological polar surface area (TPSA) is 81.4 Å². The monoisotopic (exact) mass is 298 g/mol. The lowest BCUT2D eigenvalue weighted by Crippen LogP contribution is -2.24. The summed E-state index contributed by atoms with van der Waals surface area (Å²) in [6.45, 7) is 0. The molecule has 0 amide bonds. The van der Waals surface area contributed by atoms with E-state index in [-0.39, 0.29) is 11.7 Å². The summed E-state index contributed by atoms with van der Waals surface area (Å²) < 4.78 is 31.9. The van der Waals surface area contributed by atoms with Crippen LogP contribution in [0.5, 0.6) is 5.75 Å². The van der Waals surface area contributed by atoms with Gasteiger partial charge in [-0.25, -0.2) is 8.42 Å². The highest BCUT2D eigenvalue weighted by Crippen LogP contribution is 2.27. The highest BCUT2D eigenvalue weighted by Gasteiger charge is 2.21. The maximum absolute atomic E-state index is 12.2. The molecule has 0 atom stereocenters. The van der Waals surface area contributed by atoms with Gasteiger partial charge in [0.15, 0.2) is 0 Å². The Labute approximate surface area is 120 Å². The van der Waals surface area contributed by atoms with Crippen molar-refractivity contribution in [3.63, 3.8) is 0 Å². The molecule has 1 aliphatic rings. The molecule has 2 rings (SSSR count). The van der Waals surface area contributed by atoms with Gasteiger partial charge in [-0.2, -0.15) is 0 Å². The second kappa shape index (κ2) is 6.35. The molecule has 0 spiro atoms. The average molecular weight is 298 g/mol. The molecule has 0 bridgehead atoms. The zero-order chi connectivity index (χ0) is 14.6. The van der Waals surface area contributed by atoms with Crippen molar-refractivity contribution >= 4 is 21.4 Å². The van der Waals surface area contributed by atoms with Gasteiger partial charge < -0.3 is 10.5 Å². The fraction of sp³-hybridized carbons (Fsp3) is 0.571. The SMILES string of the molecule is COc1ccc(NS(=O)(=O)CC2CCCCC2)cc1N. The van der Waals surface area contributed by atoms with Crippen molar-refractivity contribution < 1.29 is 13.2 Å². The van der Waals surface area contributed by atoms with E-state index in [1.165, 1.54) is 13.5 Å². The number of anilines is 2. The molecule has 5 nitrogen and oxygen atoms in total. The molecule has 1 aromatic carbocycles. The minimum absolute atomic E-state index is 0.193. The van der Waals surface area contributed by atoms with E-state index in [2.05, 4.69) is 4.72 Å². The van der Waals surface area contributed by atoms with Crippen LogP contribution in [0.2, 0.25) is 0 Å². The van der Waals surface area contributed by atoms with Crippen molar-refractivity contribution in [3.8, 4) is 5.75 Å². The summed E-state index contributed by atoms with van der Waals surface area (Å²) in [4.78, 5) is 0. The fourth-order valence-electron chi connectivity index (χ4n) is 2.68. The Balaban J connectivity index is 2.02. The minimum atomic E-state index is -3.32. The van der Waals surface area contributed by atoms with E-state index in [1.54, 1.807) is 18.2 Å². The van der Waals surface area contributed by atoms with Crippen molar-refractivity contribution in [1.82, 2.24) is 0 Å². The van der Waals surface area contributed by atoms with Gasteiger partial charge in [0.1, 0.15) is 5.75 Å². The first-order chi connectivity index (χ1) is 9.50. The Kier molecular flexibility index (Phi) is 4.75. The maximum Gasteiger partial charge on any atom is 0.232 e. The van der Waals surface area contributed by atoms with Gasteiger partial charge >= 0.3 is 0 Å². The van der Waals surface area contributed by atoms with Gasteiger partial charge in [0.2, 0.25) is 10.0 Å². The predicted molar refractivity (Wildman–Crippen MR) is 81.4 cm³/mol. The first kappa shape index (κ1) is 15.0. The van der Waals surface area contributed by atoms with E-state index in [9.17, 15) is 8.42 Å². The molecule has 112 valence electrons. The van der Waals surface area contributed by atoms with Crippen LogP contribution in [0.25, 0.3) is 0 Å². The summed E-state index contributed by atoms with van der Waals surface area (Å²) in [7, 11) is -1.79. The minimum Gasteiger partial charge on any atom is -0.495 e. The Morgan fingerprint density at radius 3 is 2.60 bits per heavy atom. The van der Waals surface area contributed by atoms with E-state index in [1.807, 2.05) is 0 Å². The molecule has 3 N–H and O–H groups in total. The lowest BCUT2D eigenvalue weighted by atomic mass is 9.91. The number of nitrogen functional groups attached to an aromatic ring is 1. The number of hydrogen-bond donors (Lipinski definition) is 2. The summed E-state index contributed by atoms with van der Waals surface area (Å²) in [5, 5.41) is 0. The quantitative estimate of drug-likeness (QED) is 0.819. The van der Waals surface area contributed by atoms with Crippen molar-refractivity contribution in [2.75, 3.05) is 23.3 Å². The van der Waals surface area contributed by atoms with E-state index < -0.39 is 10.0 Å². The number of ether oxygens (including phenoxy) is 1. The van der Waals surface area contributed by atoms with E-state index in [4.69, 9.17) is 10.5 Å². The van der Waals surface area contributed by atoms with Crippen LogP contribution in [-0.4, -0.2) is 21.3 Å². The summed E-state index contributed by atoms with van der Waals surface area (Å²) in [5.41, 5.74) is 6.68. The summed E-state index contributed by atoms with van der Waals surface area (Å²) >= 11 is 0. The Morgan fingerprint density at radius 1 is 1.30 bits per heavy atom. The lowest BCUT2D eigenvalue weighted by molar-refractivity contribution is 0.385. The number of methoxy groups -OCH3 is 1. The van der Waals surface area contributed by atoms with Gasteiger partial charge in [0.25, 0.3) is 0 Å². The molecule has 0 radical (unpaired) electrons. The number of rotatable bonds is 5. The van der Waals surface area contributed by atoms with Crippen LogP contribution >= 0.6 is 0 Å². The molecule has 0 aromatic heterocycles. The number of sulfonamides is 1. The van der Waals surface area contributed by atoms with E-state index in [0.717, 1.165) is 25.7 Å². The summed E-state index contributed by atoms with van der Waals surface area (Å²) in [6.07, 6.45) is 5.50. The highest BCUT2D eigenvalue weighted by atomic mass is 32.2. The molecule has 0 saturated heterocycles. The van der Waals surface area contributed by atoms with Gasteiger partial charge in [-0.05, 0) is 37.0 Å². The van der Waals surface area contributed by atoms with Crippen LogP contribution in [0.1, 0.15) is 32.1 Å². The van der Waals surface area contributed by atoms with E-state index in [0.29, 0.717) is 17.1 Å². The molecule has 1 fully saturated rings. The first-order valence-electron chi connectivity index (χ1n) is 6.94. The standard InChI is InChI=1S/C14H22N2O3S/c1-19-14-8-7-12(9-13(14)15)16-20(17,18)10-11-5-3-2-4-6-11/h7-9,11,16H,2-6,10,15H2,1H3. The Morgan fingerprint density at radius 2 is 2.00 bits per heavy atom. The largest absolute Gasteiger partial charge is 0.495 e. The van der Waals surface area contributed by atoms with Gasteiger partial charge in [-0.3, -0.25) is 4.72 Å². The second-order valence-electron chi connectivity index (χ2n) is 5.34. The predicted octanol–water partition coefficient (Wildman–Crippen LogP) is 2.60. The van der Waals surface area contributed by atoms with Gasteiger partial charge in [-0.15, -0.1) is 0 Å². The zero-order valence-electron chi connectivity index (χ0n) is 11.8. The molecule has 1 aromatic rings. The van der Waals surface area contributed by atoms with Crippen LogP contribution < -0.4 is 15.2 Å². The third-order valence-electron chi connectivity index (χ3n) is 3.68. The number of hydrogen-bond acceptors (Lipinski definition) is 4. The molecular formula is C14H22N2O3S. The van der Waals surface area contributed by atoms with Crippen LogP contribution in [0, 0.1) is 5.92 Å². The Hall–Kier alpha value is -1.43. The number of nitrogens with two attached hydrogens (primary N) is 1.